The van der Waals surface area contributed by atoms with Crippen LogP contribution in [0.1, 0.15) is 0 Å². The van der Waals surface area contributed by atoms with Gasteiger partial charge in [-0.05, 0) is 18.9 Å². The highest BCUT2D eigenvalue weighted by molar-refractivity contribution is 7.79. The van der Waals surface area contributed by atoms with E-state index in [1.807, 2.05) is 0 Å². The lowest BCUT2D eigenvalue weighted by molar-refractivity contribution is 0.381. The summed E-state index contributed by atoms with van der Waals surface area (Å²) in [6.45, 7) is 0. The van der Waals surface area contributed by atoms with Crippen molar-refractivity contribution in [2.75, 3.05) is 0 Å². The molecular weight excluding hydrogens is 190 g/mol. The zero-order valence-electron chi connectivity index (χ0n) is 4.17. The van der Waals surface area contributed by atoms with Gasteiger partial charge in [-0.15, -0.1) is 0 Å². The van der Waals surface area contributed by atoms with Crippen LogP contribution in [-0.4, -0.2) is 27.3 Å². The summed E-state index contributed by atoms with van der Waals surface area (Å²) in [7, 11) is -1.83. The van der Waals surface area contributed by atoms with Crippen LogP contribution in [0, 0.1) is 0 Å². The van der Waals surface area contributed by atoms with Gasteiger partial charge in [0, 0.05) is 0 Å². The van der Waals surface area contributed by atoms with E-state index in [0.717, 1.165) is 0 Å². The minimum atomic E-state index is -4.67. The lowest BCUT2D eigenvalue weighted by Gasteiger charge is -1.68. The maximum absolute atomic E-state index is 8.74. The molecule has 0 aromatic carbocycles. The number of hydrogen-bond acceptors (Lipinski definition) is 4. The monoisotopic (exact) mass is 198 g/mol. The van der Waals surface area contributed by atoms with Gasteiger partial charge >= 0.3 is 10.4 Å². The topological polar surface area (TPSA) is 115 Å². The quantitative estimate of drug-likeness (QED) is 0.289. The minimum absolute atomic E-state index is 1.42. The average molecular weight is 198 g/mol. The molecule has 0 amide bonds. The molecule has 0 aromatic rings. The smallest absolute Gasteiger partial charge is 0.380 e. The van der Waals surface area contributed by atoms with Gasteiger partial charge in [0.05, 0.1) is 0 Å². The van der Waals surface area contributed by atoms with Crippen molar-refractivity contribution in [2.24, 2.45) is 0 Å². The largest absolute Gasteiger partial charge is 0.394 e. The van der Waals surface area contributed by atoms with Crippen molar-refractivity contribution in [1.29, 1.82) is 0 Å². The molecule has 0 rings (SSSR count). The van der Waals surface area contributed by atoms with Gasteiger partial charge in [0.25, 0.3) is 0 Å². The molecule has 0 saturated carbocycles. The SMILES string of the molecule is O=S(=O)(O)O.OP.OP. The first kappa shape index (κ1) is 16.3. The highest BCUT2D eigenvalue weighted by Crippen LogP contribution is 1.59. The van der Waals surface area contributed by atoms with Gasteiger partial charge in [0.2, 0.25) is 0 Å². The van der Waals surface area contributed by atoms with Crippen LogP contribution in [0.25, 0.3) is 0 Å². The first-order chi connectivity index (χ1) is 4.00. The van der Waals surface area contributed by atoms with E-state index in [1.165, 1.54) is 18.9 Å². The average Bonchev–Trinajstić information content (AvgIpc) is 1.72. The van der Waals surface area contributed by atoms with Gasteiger partial charge in [0.1, 0.15) is 0 Å². The Morgan fingerprint density at radius 1 is 0.889 bits per heavy atom. The second-order valence-corrected chi connectivity index (χ2v) is 1.34. The van der Waals surface area contributed by atoms with Crippen LogP contribution in [0.3, 0.4) is 0 Å². The fraction of sp³-hybridized carbons (Fsp3) is 0. The van der Waals surface area contributed by atoms with Gasteiger partial charge in [-0.3, -0.25) is 9.11 Å². The van der Waals surface area contributed by atoms with Crippen molar-refractivity contribution in [3.63, 3.8) is 0 Å². The van der Waals surface area contributed by atoms with Crippen molar-refractivity contribution >= 4 is 29.3 Å². The summed E-state index contributed by atoms with van der Waals surface area (Å²) in [5.74, 6) is 0. The number of hydrogen-bond donors (Lipinski definition) is 4. The molecule has 2 unspecified atom stereocenters. The molecule has 0 heterocycles. The predicted molar refractivity (Wildman–Crippen MR) is 38.0 cm³/mol. The summed E-state index contributed by atoms with van der Waals surface area (Å²) in [4.78, 5) is 13.8. The maximum atomic E-state index is 8.74. The van der Waals surface area contributed by atoms with Crippen molar-refractivity contribution in [3.8, 4) is 0 Å². The second-order valence-electron chi connectivity index (χ2n) is 0.448. The Hall–Kier alpha value is 0.650. The van der Waals surface area contributed by atoms with Crippen LogP contribution in [-0.2, 0) is 10.4 Å². The van der Waals surface area contributed by atoms with Gasteiger partial charge in [0.15, 0.2) is 0 Å². The first-order valence-corrected chi connectivity index (χ1v) is 3.64. The lowest BCUT2D eigenvalue weighted by atomic mass is 15.8. The molecule has 0 bridgehead atoms. The molecule has 0 aliphatic rings. The Balaban J connectivity index is -0.0000000771. The van der Waals surface area contributed by atoms with E-state index in [2.05, 4.69) is 0 Å². The van der Waals surface area contributed by atoms with E-state index in [-0.39, 0.29) is 0 Å². The highest BCUT2D eigenvalue weighted by atomic mass is 32.3. The van der Waals surface area contributed by atoms with Crippen LogP contribution in [0.2, 0.25) is 0 Å². The maximum Gasteiger partial charge on any atom is 0.394 e. The second kappa shape index (κ2) is 11.4. The standard InChI is InChI=1S/H2O4S.2H3OP/c1-5(2,3)4;2*1-2/h(H2,1,2,3,4);2*1H,2H2. The molecule has 0 aliphatic heterocycles. The Kier molecular flexibility index (Phi) is 20.8. The summed E-state index contributed by atoms with van der Waals surface area (Å²) in [6, 6.07) is 0. The fourth-order valence-corrected chi connectivity index (χ4v) is 0. The summed E-state index contributed by atoms with van der Waals surface area (Å²) in [5, 5.41) is 0. The third-order valence-electron chi connectivity index (χ3n) is 0. The summed E-state index contributed by atoms with van der Waals surface area (Å²) in [6.07, 6.45) is 0. The Morgan fingerprint density at radius 3 is 0.889 bits per heavy atom. The van der Waals surface area contributed by atoms with E-state index < -0.39 is 10.4 Å². The van der Waals surface area contributed by atoms with Gasteiger partial charge in [-0.2, -0.15) is 8.42 Å². The molecule has 0 radical (unpaired) electrons. The Bertz CT molecular complexity index is 94.2. The summed E-state index contributed by atoms with van der Waals surface area (Å²) < 4.78 is 31.6. The van der Waals surface area contributed by atoms with Crippen LogP contribution < -0.4 is 0 Å². The highest BCUT2D eigenvalue weighted by Gasteiger charge is 1.84. The van der Waals surface area contributed by atoms with E-state index in [9.17, 15) is 0 Å². The van der Waals surface area contributed by atoms with Gasteiger partial charge < -0.3 is 9.79 Å². The van der Waals surface area contributed by atoms with Crippen molar-refractivity contribution in [3.05, 3.63) is 0 Å². The van der Waals surface area contributed by atoms with Crippen LogP contribution >= 0.6 is 18.9 Å². The Labute approximate surface area is 57.4 Å². The van der Waals surface area contributed by atoms with Gasteiger partial charge in [-0.1, -0.05) is 0 Å². The number of rotatable bonds is 0. The van der Waals surface area contributed by atoms with Crippen molar-refractivity contribution in [2.45, 2.75) is 0 Å². The molecule has 6 nitrogen and oxygen atoms in total. The lowest BCUT2D eigenvalue weighted by Crippen LogP contribution is -1.89. The van der Waals surface area contributed by atoms with Gasteiger partial charge in [-0.25, -0.2) is 0 Å². The molecule has 0 spiro atoms. The molecule has 0 aromatic heterocycles. The first-order valence-electron chi connectivity index (χ1n) is 1.21. The molecule has 2 atom stereocenters. The molecule has 0 fully saturated rings. The van der Waals surface area contributed by atoms with Crippen LogP contribution in [0.5, 0.6) is 0 Å². The van der Waals surface area contributed by atoms with Crippen molar-refractivity contribution < 1.29 is 27.3 Å². The summed E-state index contributed by atoms with van der Waals surface area (Å²) in [5.41, 5.74) is 0. The normalized spacial score (nSPS) is 7.78. The molecule has 4 N–H and O–H groups in total. The van der Waals surface area contributed by atoms with E-state index in [0.29, 0.717) is 0 Å². The molecular formula is H8O6P2S. The molecule has 9 heteroatoms. The zero-order chi connectivity index (χ0) is 8.50. The summed E-state index contributed by atoms with van der Waals surface area (Å²) >= 11 is 0. The fourth-order valence-electron chi connectivity index (χ4n) is 0. The molecule has 0 aliphatic carbocycles. The van der Waals surface area contributed by atoms with E-state index in [1.54, 1.807) is 0 Å². The Morgan fingerprint density at radius 2 is 0.889 bits per heavy atom. The van der Waals surface area contributed by atoms with Crippen molar-refractivity contribution in [1.82, 2.24) is 0 Å². The zero-order valence-corrected chi connectivity index (χ0v) is 7.29. The third-order valence-corrected chi connectivity index (χ3v) is 0. The van der Waals surface area contributed by atoms with Crippen LogP contribution in [0.4, 0.5) is 0 Å². The molecule has 9 heavy (non-hydrogen) atoms. The van der Waals surface area contributed by atoms with E-state index in [4.69, 9.17) is 27.3 Å². The molecule has 0 saturated heterocycles. The third kappa shape index (κ3) is 905. The molecule has 60 valence electrons. The minimum Gasteiger partial charge on any atom is -0.380 e. The van der Waals surface area contributed by atoms with E-state index >= 15 is 0 Å². The predicted octanol–water partition coefficient (Wildman–Crippen LogP) is -1.12. The van der Waals surface area contributed by atoms with Crippen LogP contribution in [0.15, 0.2) is 0 Å².